The number of benzene rings is 1. The first-order valence-electron chi connectivity index (χ1n) is 10.4. The lowest BCUT2D eigenvalue weighted by molar-refractivity contribution is -0.128. The Morgan fingerprint density at radius 2 is 2.06 bits per heavy atom. The second-order valence-electron chi connectivity index (χ2n) is 7.76. The molecule has 1 saturated heterocycles. The highest BCUT2D eigenvalue weighted by molar-refractivity contribution is 6.06. The van der Waals surface area contributed by atoms with Crippen LogP contribution in [0.5, 0.6) is 0 Å². The van der Waals surface area contributed by atoms with E-state index in [1.165, 1.54) is 6.92 Å². The van der Waals surface area contributed by atoms with Crippen molar-refractivity contribution in [2.24, 2.45) is 0 Å². The number of pyridine rings is 1. The van der Waals surface area contributed by atoms with E-state index >= 15 is 0 Å². The molecule has 0 aliphatic carbocycles. The van der Waals surface area contributed by atoms with E-state index in [4.69, 9.17) is 4.98 Å². The molecule has 4 rings (SSSR count). The van der Waals surface area contributed by atoms with Crippen molar-refractivity contribution in [3.63, 3.8) is 0 Å². The zero-order valence-electron chi connectivity index (χ0n) is 18.0. The van der Waals surface area contributed by atoms with E-state index in [2.05, 4.69) is 15.3 Å². The van der Waals surface area contributed by atoms with Gasteiger partial charge in [0.25, 0.3) is 5.91 Å². The predicted octanol–water partition coefficient (Wildman–Crippen LogP) is 3.02. The summed E-state index contributed by atoms with van der Waals surface area (Å²) in [5.41, 5.74) is 2.17. The Hall–Kier alpha value is -3.55. The van der Waals surface area contributed by atoms with Gasteiger partial charge in [-0.05, 0) is 31.0 Å². The number of fused-ring (bicyclic) bond motifs is 1. The van der Waals surface area contributed by atoms with E-state index in [-0.39, 0.29) is 17.9 Å². The standard InChI is InChI=1S/C23H26N6O2/c1-15(30)28(3)14-16-13-21(24-2)27-22(26-16)20-10-6-12-29(20)23(31)18-7-4-9-19-17(18)8-5-11-25-19/h4-5,7-9,11,13,20H,6,10,12,14H2,1-3H3,(H,24,26,27). The first kappa shape index (κ1) is 20.7. The maximum Gasteiger partial charge on any atom is 0.255 e. The number of nitrogens with zero attached hydrogens (tertiary/aromatic N) is 5. The van der Waals surface area contributed by atoms with E-state index in [9.17, 15) is 9.59 Å². The molecule has 2 aromatic heterocycles. The van der Waals surface area contributed by atoms with Gasteiger partial charge >= 0.3 is 0 Å². The fourth-order valence-corrected chi connectivity index (χ4v) is 3.95. The van der Waals surface area contributed by atoms with Crippen LogP contribution < -0.4 is 5.32 Å². The molecule has 8 heteroatoms. The van der Waals surface area contributed by atoms with Crippen molar-refractivity contribution in [1.29, 1.82) is 0 Å². The van der Waals surface area contributed by atoms with Crippen LogP contribution in [0.1, 0.15) is 47.7 Å². The van der Waals surface area contributed by atoms with Gasteiger partial charge in [0.05, 0.1) is 23.8 Å². The summed E-state index contributed by atoms with van der Waals surface area (Å²) in [5.74, 6) is 1.20. The zero-order chi connectivity index (χ0) is 22.0. The highest BCUT2D eigenvalue weighted by atomic mass is 16.2. The lowest BCUT2D eigenvalue weighted by Gasteiger charge is -2.25. The van der Waals surface area contributed by atoms with E-state index in [1.54, 1.807) is 25.2 Å². The Morgan fingerprint density at radius 3 is 2.84 bits per heavy atom. The smallest absolute Gasteiger partial charge is 0.255 e. The van der Waals surface area contributed by atoms with Crippen LogP contribution in [0.15, 0.2) is 42.6 Å². The quantitative estimate of drug-likeness (QED) is 0.685. The third-order valence-corrected chi connectivity index (χ3v) is 5.68. The van der Waals surface area contributed by atoms with E-state index < -0.39 is 0 Å². The number of carbonyl (C=O) groups excluding carboxylic acids is 2. The van der Waals surface area contributed by atoms with Gasteiger partial charge in [-0.15, -0.1) is 0 Å². The van der Waals surface area contributed by atoms with Crippen molar-refractivity contribution in [2.75, 3.05) is 26.0 Å². The highest BCUT2D eigenvalue weighted by Crippen LogP contribution is 2.33. The minimum atomic E-state index is -0.214. The molecule has 1 unspecified atom stereocenters. The lowest BCUT2D eigenvalue weighted by atomic mass is 10.1. The van der Waals surface area contributed by atoms with Crippen LogP contribution in [-0.4, -0.2) is 57.2 Å². The fraction of sp³-hybridized carbons (Fsp3) is 0.348. The van der Waals surface area contributed by atoms with Crippen LogP contribution in [0.4, 0.5) is 5.82 Å². The van der Waals surface area contributed by atoms with Gasteiger partial charge in [0.1, 0.15) is 5.82 Å². The summed E-state index contributed by atoms with van der Waals surface area (Å²) in [6, 6.07) is 11.0. The van der Waals surface area contributed by atoms with Gasteiger partial charge in [0.2, 0.25) is 5.91 Å². The van der Waals surface area contributed by atoms with Gasteiger partial charge in [0.15, 0.2) is 5.82 Å². The summed E-state index contributed by atoms with van der Waals surface area (Å²) in [6.07, 6.45) is 3.41. The Kier molecular flexibility index (Phi) is 5.79. The maximum absolute atomic E-state index is 13.5. The normalized spacial score (nSPS) is 15.8. The number of carbonyl (C=O) groups is 2. The monoisotopic (exact) mass is 418 g/mol. The van der Waals surface area contributed by atoms with Gasteiger partial charge in [0, 0.05) is 50.8 Å². The minimum absolute atomic E-state index is 0.0339. The summed E-state index contributed by atoms with van der Waals surface area (Å²) < 4.78 is 0. The molecule has 0 spiro atoms. The summed E-state index contributed by atoms with van der Waals surface area (Å²) in [4.78, 5) is 42.4. The first-order valence-corrected chi connectivity index (χ1v) is 10.4. The van der Waals surface area contributed by atoms with E-state index in [0.717, 1.165) is 29.4 Å². The van der Waals surface area contributed by atoms with E-state index in [0.29, 0.717) is 30.3 Å². The number of nitrogens with one attached hydrogen (secondary N) is 1. The molecule has 1 atom stereocenters. The molecular weight excluding hydrogens is 392 g/mol. The van der Waals surface area contributed by atoms with Crippen LogP contribution in [0.2, 0.25) is 0 Å². The van der Waals surface area contributed by atoms with Crippen LogP contribution in [0, 0.1) is 0 Å². The van der Waals surface area contributed by atoms with Crippen LogP contribution in [0.25, 0.3) is 10.9 Å². The van der Waals surface area contributed by atoms with Crippen LogP contribution in [-0.2, 0) is 11.3 Å². The van der Waals surface area contributed by atoms with Crippen molar-refractivity contribution < 1.29 is 9.59 Å². The molecule has 2 amide bonds. The molecule has 31 heavy (non-hydrogen) atoms. The average molecular weight is 419 g/mol. The lowest BCUT2D eigenvalue weighted by Crippen LogP contribution is -2.32. The highest BCUT2D eigenvalue weighted by Gasteiger charge is 2.33. The average Bonchev–Trinajstić information content (AvgIpc) is 3.28. The van der Waals surface area contributed by atoms with Crippen molar-refractivity contribution in [1.82, 2.24) is 24.8 Å². The summed E-state index contributed by atoms with van der Waals surface area (Å²) >= 11 is 0. The third kappa shape index (κ3) is 4.19. The molecule has 0 bridgehead atoms. The topological polar surface area (TPSA) is 91.3 Å². The maximum atomic E-state index is 13.5. The SMILES string of the molecule is CNc1cc(CN(C)C(C)=O)nc(C2CCCN2C(=O)c2cccc3ncccc23)n1. The molecule has 3 heterocycles. The minimum Gasteiger partial charge on any atom is -0.373 e. The molecule has 0 radical (unpaired) electrons. The fourth-order valence-electron chi connectivity index (χ4n) is 3.95. The second kappa shape index (κ2) is 8.67. The third-order valence-electron chi connectivity index (χ3n) is 5.68. The Balaban J connectivity index is 1.68. The van der Waals surface area contributed by atoms with Crippen molar-refractivity contribution in [2.45, 2.75) is 32.4 Å². The molecule has 0 saturated carbocycles. The Morgan fingerprint density at radius 1 is 1.23 bits per heavy atom. The molecule has 3 aromatic rings. The van der Waals surface area contributed by atoms with Crippen LogP contribution in [0.3, 0.4) is 0 Å². The van der Waals surface area contributed by atoms with Gasteiger partial charge < -0.3 is 15.1 Å². The van der Waals surface area contributed by atoms with Crippen molar-refractivity contribution >= 4 is 28.5 Å². The van der Waals surface area contributed by atoms with Gasteiger partial charge in [-0.3, -0.25) is 14.6 Å². The molecule has 160 valence electrons. The van der Waals surface area contributed by atoms with Crippen molar-refractivity contribution in [3.05, 3.63) is 59.7 Å². The molecule has 8 nitrogen and oxygen atoms in total. The number of hydrogen-bond acceptors (Lipinski definition) is 6. The molecule has 1 aliphatic heterocycles. The van der Waals surface area contributed by atoms with E-state index in [1.807, 2.05) is 41.3 Å². The summed E-state index contributed by atoms with van der Waals surface area (Å²) in [7, 11) is 3.54. The Labute approximate surface area is 181 Å². The van der Waals surface area contributed by atoms with Gasteiger partial charge in [-0.1, -0.05) is 12.1 Å². The molecule has 1 N–H and O–H groups in total. The Bertz CT molecular complexity index is 1130. The number of rotatable bonds is 5. The molecular formula is C23H26N6O2. The number of aromatic nitrogens is 3. The zero-order valence-corrected chi connectivity index (χ0v) is 18.0. The number of likely N-dealkylation sites (tertiary alicyclic amines) is 1. The predicted molar refractivity (Wildman–Crippen MR) is 118 cm³/mol. The summed E-state index contributed by atoms with van der Waals surface area (Å²) in [5, 5.41) is 3.91. The summed E-state index contributed by atoms with van der Waals surface area (Å²) in [6.45, 7) is 2.56. The largest absolute Gasteiger partial charge is 0.373 e. The number of amides is 2. The molecule has 1 fully saturated rings. The van der Waals surface area contributed by atoms with Gasteiger partial charge in [-0.25, -0.2) is 9.97 Å². The first-order chi connectivity index (χ1) is 15.0. The number of hydrogen-bond donors (Lipinski definition) is 1. The number of anilines is 1. The molecule has 1 aromatic carbocycles. The second-order valence-corrected chi connectivity index (χ2v) is 7.76. The van der Waals surface area contributed by atoms with Gasteiger partial charge in [-0.2, -0.15) is 0 Å². The van der Waals surface area contributed by atoms with Crippen LogP contribution >= 0.6 is 0 Å². The van der Waals surface area contributed by atoms with Crippen molar-refractivity contribution in [3.8, 4) is 0 Å². The molecule has 1 aliphatic rings.